The van der Waals surface area contributed by atoms with E-state index in [0.29, 0.717) is 13.1 Å². The second kappa shape index (κ2) is 9.05. The fourth-order valence-corrected chi connectivity index (χ4v) is 5.51. The first-order chi connectivity index (χ1) is 15.3. The molecule has 32 heavy (non-hydrogen) atoms. The van der Waals surface area contributed by atoms with Crippen molar-refractivity contribution in [2.24, 2.45) is 0 Å². The van der Waals surface area contributed by atoms with E-state index in [4.69, 9.17) is 21.1 Å². The summed E-state index contributed by atoms with van der Waals surface area (Å²) in [4.78, 5) is 25.7. The van der Waals surface area contributed by atoms with Gasteiger partial charge in [0.05, 0.1) is 17.2 Å². The van der Waals surface area contributed by atoms with Crippen LogP contribution in [-0.4, -0.2) is 63.6 Å². The van der Waals surface area contributed by atoms with Crippen LogP contribution >= 0.6 is 11.6 Å². The molecule has 0 aromatic heterocycles. The van der Waals surface area contributed by atoms with E-state index in [1.807, 2.05) is 4.90 Å². The molecule has 11 heteroatoms. The van der Waals surface area contributed by atoms with Gasteiger partial charge in [0.1, 0.15) is 10.7 Å². The maximum Gasteiger partial charge on any atom is 0.347 e. The zero-order chi connectivity index (χ0) is 22.9. The lowest BCUT2D eigenvalue weighted by atomic mass is 10.2. The molecule has 1 unspecified atom stereocenters. The quantitative estimate of drug-likeness (QED) is 0.604. The standard InChI is InChI=1S/C21H20ClFN2O6S/c22-17-6-1-14(20(26)31-18-7-12-30-21(18)27)13-19(17)32(28,29)25-10-8-24(9-11-25)16-4-2-15(23)3-5-16/h1-6,13,18H,7-12H2. The maximum absolute atomic E-state index is 13.2. The number of benzene rings is 2. The highest BCUT2D eigenvalue weighted by Crippen LogP contribution is 2.28. The maximum atomic E-state index is 13.2. The number of esters is 2. The molecule has 170 valence electrons. The third-order valence-corrected chi connectivity index (χ3v) is 7.73. The fourth-order valence-electron chi connectivity index (χ4n) is 3.59. The molecular formula is C21H20ClFN2O6S. The summed E-state index contributed by atoms with van der Waals surface area (Å²) in [6.07, 6.45) is -0.750. The highest BCUT2D eigenvalue weighted by molar-refractivity contribution is 7.89. The summed E-state index contributed by atoms with van der Waals surface area (Å²) >= 11 is 6.16. The Balaban J connectivity index is 1.48. The number of carbonyl (C=O) groups excluding carboxylic acids is 2. The molecule has 2 aromatic rings. The summed E-state index contributed by atoms with van der Waals surface area (Å²) < 4.78 is 50.8. The first-order valence-corrected chi connectivity index (χ1v) is 11.8. The molecule has 0 aliphatic carbocycles. The third-order valence-electron chi connectivity index (χ3n) is 5.35. The van der Waals surface area contributed by atoms with Gasteiger partial charge >= 0.3 is 11.9 Å². The molecule has 2 fully saturated rings. The van der Waals surface area contributed by atoms with E-state index < -0.39 is 28.1 Å². The second-order valence-electron chi connectivity index (χ2n) is 7.36. The number of carbonyl (C=O) groups is 2. The third kappa shape index (κ3) is 4.57. The van der Waals surface area contributed by atoms with E-state index in [9.17, 15) is 22.4 Å². The van der Waals surface area contributed by atoms with Crippen LogP contribution in [0.25, 0.3) is 0 Å². The molecule has 2 saturated heterocycles. The second-order valence-corrected chi connectivity index (χ2v) is 9.68. The van der Waals surface area contributed by atoms with Crippen molar-refractivity contribution in [2.75, 3.05) is 37.7 Å². The molecule has 1 atom stereocenters. The van der Waals surface area contributed by atoms with Crippen LogP contribution in [0.2, 0.25) is 5.02 Å². The average Bonchev–Trinajstić information content (AvgIpc) is 3.18. The normalized spacial score (nSPS) is 19.6. The van der Waals surface area contributed by atoms with Gasteiger partial charge in [0.15, 0.2) is 0 Å². The molecule has 2 aliphatic heterocycles. The average molecular weight is 483 g/mol. The number of ether oxygens (including phenoxy) is 2. The zero-order valence-corrected chi connectivity index (χ0v) is 18.4. The van der Waals surface area contributed by atoms with Gasteiger partial charge in [-0.3, -0.25) is 0 Å². The Bertz CT molecular complexity index is 1130. The van der Waals surface area contributed by atoms with Gasteiger partial charge in [-0.05, 0) is 42.5 Å². The summed E-state index contributed by atoms with van der Waals surface area (Å²) in [5, 5.41) is -0.0252. The number of hydrogen-bond acceptors (Lipinski definition) is 7. The molecule has 0 radical (unpaired) electrons. The van der Waals surface area contributed by atoms with Crippen LogP contribution in [-0.2, 0) is 24.3 Å². The van der Waals surface area contributed by atoms with Gasteiger partial charge in [-0.2, -0.15) is 4.31 Å². The van der Waals surface area contributed by atoms with Gasteiger partial charge in [0.2, 0.25) is 16.1 Å². The number of sulfonamides is 1. The first-order valence-electron chi connectivity index (χ1n) is 9.93. The minimum atomic E-state index is -3.98. The number of nitrogens with zero attached hydrogens (tertiary/aromatic N) is 2. The number of piperazine rings is 1. The Morgan fingerprint density at radius 3 is 2.41 bits per heavy atom. The molecule has 0 amide bonds. The van der Waals surface area contributed by atoms with Crippen molar-refractivity contribution in [3.63, 3.8) is 0 Å². The van der Waals surface area contributed by atoms with Crippen LogP contribution in [0, 0.1) is 5.82 Å². The monoisotopic (exact) mass is 482 g/mol. The number of anilines is 1. The van der Waals surface area contributed by atoms with E-state index >= 15 is 0 Å². The number of hydrogen-bond donors (Lipinski definition) is 0. The molecule has 0 saturated carbocycles. The van der Waals surface area contributed by atoms with E-state index in [1.165, 1.54) is 28.6 Å². The largest absolute Gasteiger partial charge is 0.463 e. The SMILES string of the molecule is O=C(OC1CCOC1=O)c1ccc(Cl)c(S(=O)(=O)N2CCN(c3ccc(F)cc3)CC2)c1. The summed E-state index contributed by atoms with van der Waals surface area (Å²) in [5.41, 5.74) is 0.772. The Labute approximate surface area is 189 Å². The van der Waals surface area contributed by atoms with E-state index in [2.05, 4.69) is 0 Å². The van der Waals surface area contributed by atoms with Crippen molar-refractivity contribution in [2.45, 2.75) is 17.4 Å². The van der Waals surface area contributed by atoms with Crippen molar-refractivity contribution in [1.29, 1.82) is 0 Å². The molecule has 4 rings (SSSR count). The lowest BCUT2D eigenvalue weighted by molar-refractivity contribution is -0.145. The minimum Gasteiger partial charge on any atom is -0.463 e. The summed E-state index contributed by atoms with van der Waals surface area (Å²) in [7, 11) is -3.98. The predicted octanol–water partition coefficient (Wildman–Crippen LogP) is 2.46. The lowest BCUT2D eigenvalue weighted by Gasteiger charge is -2.35. The molecule has 8 nitrogen and oxygen atoms in total. The number of rotatable bonds is 5. The molecule has 2 aliphatic rings. The Kier molecular flexibility index (Phi) is 6.36. The predicted molar refractivity (Wildman–Crippen MR) is 114 cm³/mol. The Hall–Kier alpha value is -2.69. The van der Waals surface area contributed by atoms with Gasteiger partial charge in [-0.15, -0.1) is 0 Å². The number of cyclic esters (lactones) is 1. The Morgan fingerprint density at radius 2 is 1.78 bits per heavy atom. The van der Waals surface area contributed by atoms with Gasteiger partial charge in [0.25, 0.3) is 0 Å². The van der Waals surface area contributed by atoms with Gasteiger partial charge < -0.3 is 14.4 Å². The smallest absolute Gasteiger partial charge is 0.347 e. The highest BCUT2D eigenvalue weighted by Gasteiger charge is 2.33. The van der Waals surface area contributed by atoms with Crippen molar-refractivity contribution < 1.29 is 31.9 Å². The van der Waals surface area contributed by atoms with Crippen LogP contribution in [0.1, 0.15) is 16.8 Å². The molecule has 2 heterocycles. The molecule has 0 spiro atoms. The lowest BCUT2D eigenvalue weighted by Crippen LogP contribution is -2.48. The van der Waals surface area contributed by atoms with Crippen molar-refractivity contribution in [3.05, 3.63) is 58.9 Å². The molecule has 2 aromatic carbocycles. The topological polar surface area (TPSA) is 93.2 Å². The highest BCUT2D eigenvalue weighted by atomic mass is 35.5. The van der Waals surface area contributed by atoms with Crippen molar-refractivity contribution >= 4 is 39.3 Å². The summed E-state index contributed by atoms with van der Waals surface area (Å²) in [6, 6.07) is 9.81. The summed E-state index contributed by atoms with van der Waals surface area (Å²) in [5.74, 6) is -1.80. The summed E-state index contributed by atoms with van der Waals surface area (Å²) in [6.45, 7) is 1.38. The van der Waals surface area contributed by atoms with E-state index in [-0.39, 0.29) is 47.4 Å². The number of halogens is 2. The van der Waals surface area contributed by atoms with Crippen molar-refractivity contribution in [3.8, 4) is 0 Å². The van der Waals surface area contributed by atoms with E-state index in [0.717, 1.165) is 11.8 Å². The fraction of sp³-hybridized carbons (Fsp3) is 0.333. The van der Waals surface area contributed by atoms with Crippen LogP contribution in [0.15, 0.2) is 47.4 Å². The minimum absolute atomic E-state index is 0.0252. The van der Waals surface area contributed by atoms with Gasteiger partial charge in [-0.25, -0.2) is 22.4 Å². The Morgan fingerprint density at radius 1 is 1.09 bits per heavy atom. The van der Waals surface area contributed by atoms with Crippen molar-refractivity contribution in [1.82, 2.24) is 4.31 Å². The molecular weight excluding hydrogens is 463 g/mol. The van der Waals surface area contributed by atoms with Gasteiger partial charge in [0, 0.05) is 38.3 Å². The van der Waals surface area contributed by atoms with Crippen LogP contribution in [0.3, 0.4) is 0 Å². The van der Waals surface area contributed by atoms with Crippen LogP contribution < -0.4 is 4.90 Å². The van der Waals surface area contributed by atoms with Crippen LogP contribution in [0.5, 0.6) is 0 Å². The first kappa shape index (κ1) is 22.5. The molecule has 0 bridgehead atoms. The molecule has 0 N–H and O–H groups in total. The van der Waals surface area contributed by atoms with Gasteiger partial charge in [-0.1, -0.05) is 11.6 Å². The zero-order valence-electron chi connectivity index (χ0n) is 16.9. The van der Waals surface area contributed by atoms with E-state index in [1.54, 1.807) is 12.1 Å². The van der Waals surface area contributed by atoms with Crippen LogP contribution in [0.4, 0.5) is 10.1 Å².